The Morgan fingerprint density at radius 1 is 1.19 bits per heavy atom. The van der Waals surface area contributed by atoms with Crippen LogP contribution in [0.25, 0.3) is 0 Å². The number of ether oxygens (including phenoxy) is 2. The van der Waals surface area contributed by atoms with Crippen molar-refractivity contribution in [2.45, 2.75) is 45.9 Å². The highest BCUT2D eigenvalue weighted by atomic mass is 19.3. The van der Waals surface area contributed by atoms with Gasteiger partial charge in [-0.25, -0.2) is 10.2 Å². The van der Waals surface area contributed by atoms with E-state index in [-0.39, 0.29) is 11.8 Å². The Morgan fingerprint density at radius 3 is 2.24 bits per heavy atom. The second kappa shape index (κ2) is 7.21. The number of alkyl halides is 2. The molecule has 2 N–H and O–H groups in total. The normalized spacial score (nSPS) is 12.9. The van der Waals surface area contributed by atoms with Gasteiger partial charge in [-0.05, 0) is 45.4 Å². The molecule has 5 nitrogen and oxygen atoms in total. The number of carbonyl (C=O) groups is 1. The van der Waals surface area contributed by atoms with E-state index >= 15 is 0 Å². The number of hydrogen-bond acceptors (Lipinski definition) is 4. The lowest BCUT2D eigenvalue weighted by Gasteiger charge is -2.21. The van der Waals surface area contributed by atoms with E-state index in [1.165, 1.54) is 12.1 Å². The minimum Gasteiger partial charge on any atom is -0.443 e. The fraction of sp³-hybridized carbons (Fsp3) is 0.500. The second-order valence-corrected chi connectivity index (χ2v) is 5.44. The molecular weight excluding hydrogens is 282 g/mol. The topological polar surface area (TPSA) is 59.6 Å². The summed E-state index contributed by atoms with van der Waals surface area (Å²) in [4.78, 5) is 11.5. The fourth-order valence-electron chi connectivity index (χ4n) is 1.49. The molecule has 0 radical (unpaired) electrons. The van der Waals surface area contributed by atoms with E-state index < -0.39 is 18.3 Å². The first-order valence-electron chi connectivity index (χ1n) is 6.46. The number of rotatable bonds is 5. The summed E-state index contributed by atoms with van der Waals surface area (Å²) < 4.78 is 33.4. The van der Waals surface area contributed by atoms with E-state index in [4.69, 9.17) is 4.74 Å². The summed E-state index contributed by atoms with van der Waals surface area (Å²) in [7, 11) is 0. The van der Waals surface area contributed by atoms with Gasteiger partial charge < -0.3 is 9.47 Å². The van der Waals surface area contributed by atoms with Crippen LogP contribution in [0.1, 0.15) is 39.3 Å². The van der Waals surface area contributed by atoms with Crippen LogP contribution in [0.4, 0.5) is 13.6 Å². The van der Waals surface area contributed by atoms with Crippen LogP contribution < -0.4 is 15.6 Å². The van der Waals surface area contributed by atoms with Gasteiger partial charge in [0.15, 0.2) is 0 Å². The van der Waals surface area contributed by atoms with Gasteiger partial charge in [-0.1, -0.05) is 12.1 Å². The molecule has 0 aromatic heterocycles. The van der Waals surface area contributed by atoms with Crippen LogP contribution in [0.5, 0.6) is 5.75 Å². The average Bonchev–Trinajstić information content (AvgIpc) is 2.34. The van der Waals surface area contributed by atoms with E-state index in [2.05, 4.69) is 15.6 Å². The van der Waals surface area contributed by atoms with Crippen molar-refractivity contribution in [1.82, 2.24) is 10.9 Å². The van der Waals surface area contributed by atoms with Gasteiger partial charge in [-0.2, -0.15) is 8.78 Å². The van der Waals surface area contributed by atoms with Crippen LogP contribution in [-0.2, 0) is 4.74 Å². The van der Waals surface area contributed by atoms with Gasteiger partial charge in [0, 0.05) is 6.04 Å². The number of benzene rings is 1. The van der Waals surface area contributed by atoms with Gasteiger partial charge in [0.05, 0.1) is 0 Å². The van der Waals surface area contributed by atoms with Gasteiger partial charge in [0.25, 0.3) is 0 Å². The van der Waals surface area contributed by atoms with Crippen LogP contribution in [0, 0.1) is 0 Å². The molecule has 0 spiro atoms. The van der Waals surface area contributed by atoms with Crippen molar-refractivity contribution in [2.75, 3.05) is 0 Å². The summed E-state index contributed by atoms with van der Waals surface area (Å²) in [6.45, 7) is 4.24. The Balaban J connectivity index is 2.48. The average molecular weight is 302 g/mol. The Kier molecular flexibility index (Phi) is 5.90. The van der Waals surface area contributed by atoms with Crippen molar-refractivity contribution in [3.05, 3.63) is 29.8 Å². The van der Waals surface area contributed by atoms with Crippen LogP contribution >= 0.6 is 0 Å². The molecule has 7 heteroatoms. The maximum atomic E-state index is 12.0. The minimum absolute atomic E-state index is 0.0843. The van der Waals surface area contributed by atoms with Crippen LogP contribution in [0.3, 0.4) is 0 Å². The summed E-state index contributed by atoms with van der Waals surface area (Å²) in [6.07, 6.45) is -0.591. The van der Waals surface area contributed by atoms with E-state index in [1.54, 1.807) is 39.8 Å². The van der Waals surface area contributed by atoms with Gasteiger partial charge in [-0.3, -0.25) is 5.43 Å². The van der Waals surface area contributed by atoms with E-state index in [9.17, 15) is 13.6 Å². The molecule has 1 amide bonds. The van der Waals surface area contributed by atoms with Crippen molar-refractivity contribution in [2.24, 2.45) is 0 Å². The quantitative estimate of drug-likeness (QED) is 0.819. The van der Waals surface area contributed by atoms with Crippen molar-refractivity contribution in [3.8, 4) is 5.75 Å². The molecule has 1 aromatic rings. The molecule has 0 bridgehead atoms. The predicted molar refractivity (Wildman–Crippen MR) is 74.0 cm³/mol. The summed E-state index contributed by atoms with van der Waals surface area (Å²) in [5.41, 5.74) is 5.41. The molecule has 1 rings (SSSR count). The molecule has 0 aliphatic heterocycles. The molecule has 0 heterocycles. The zero-order chi connectivity index (χ0) is 16.0. The first kappa shape index (κ1) is 17.2. The highest BCUT2D eigenvalue weighted by Gasteiger charge is 2.16. The standard InChI is InChI=1S/C14H20F2N2O3/c1-9(17-18-13(19)21-14(2,3)4)10-5-7-11(8-6-10)20-12(15)16/h5-9,12,17H,1-4H3,(H,18,19). The third-order valence-corrected chi connectivity index (χ3v) is 2.39. The zero-order valence-corrected chi connectivity index (χ0v) is 12.4. The molecular formula is C14H20F2N2O3. The Hall–Kier alpha value is -1.89. The fourth-order valence-corrected chi connectivity index (χ4v) is 1.49. The SMILES string of the molecule is CC(NNC(=O)OC(C)(C)C)c1ccc(OC(F)F)cc1. The Morgan fingerprint density at radius 2 is 1.76 bits per heavy atom. The van der Waals surface area contributed by atoms with Crippen molar-refractivity contribution < 1.29 is 23.0 Å². The molecule has 0 saturated carbocycles. The third kappa shape index (κ3) is 6.89. The van der Waals surface area contributed by atoms with E-state index in [1.807, 2.05) is 0 Å². The monoisotopic (exact) mass is 302 g/mol. The molecule has 1 unspecified atom stereocenters. The van der Waals surface area contributed by atoms with E-state index in [0.717, 1.165) is 5.56 Å². The van der Waals surface area contributed by atoms with Gasteiger partial charge in [-0.15, -0.1) is 0 Å². The molecule has 0 saturated heterocycles. The Labute approximate surface area is 122 Å². The maximum Gasteiger partial charge on any atom is 0.422 e. The maximum absolute atomic E-state index is 12.0. The lowest BCUT2D eigenvalue weighted by molar-refractivity contribution is -0.0498. The van der Waals surface area contributed by atoms with Gasteiger partial charge in [0.2, 0.25) is 0 Å². The van der Waals surface area contributed by atoms with E-state index in [0.29, 0.717) is 0 Å². The lowest BCUT2D eigenvalue weighted by Crippen LogP contribution is -2.42. The summed E-state index contributed by atoms with van der Waals surface area (Å²) in [5.74, 6) is 0.0843. The Bertz CT molecular complexity index is 458. The lowest BCUT2D eigenvalue weighted by atomic mass is 10.1. The number of halogens is 2. The number of hydrazine groups is 1. The predicted octanol–water partition coefficient (Wildman–Crippen LogP) is 3.38. The van der Waals surface area contributed by atoms with Crippen LogP contribution in [-0.4, -0.2) is 18.3 Å². The number of carbonyl (C=O) groups excluding carboxylic acids is 1. The smallest absolute Gasteiger partial charge is 0.422 e. The van der Waals surface area contributed by atoms with Crippen LogP contribution in [0.15, 0.2) is 24.3 Å². The number of hydrogen-bond donors (Lipinski definition) is 2. The van der Waals surface area contributed by atoms with Crippen molar-refractivity contribution >= 4 is 6.09 Å². The highest BCUT2D eigenvalue weighted by molar-refractivity contribution is 5.67. The molecule has 0 aliphatic carbocycles. The van der Waals surface area contributed by atoms with Gasteiger partial charge in [0.1, 0.15) is 11.4 Å². The largest absolute Gasteiger partial charge is 0.443 e. The minimum atomic E-state index is -2.85. The molecule has 21 heavy (non-hydrogen) atoms. The second-order valence-electron chi connectivity index (χ2n) is 5.44. The first-order valence-corrected chi connectivity index (χ1v) is 6.46. The zero-order valence-electron chi connectivity index (χ0n) is 12.4. The molecule has 1 atom stereocenters. The third-order valence-electron chi connectivity index (χ3n) is 2.39. The van der Waals surface area contributed by atoms with Gasteiger partial charge >= 0.3 is 12.7 Å². The molecule has 0 fully saturated rings. The van der Waals surface area contributed by atoms with Crippen molar-refractivity contribution in [3.63, 3.8) is 0 Å². The number of amides is 1. The molecule has 1 aromatic carbocycles. The molecule has 118 valence electrons. The summed E-state index contributed by atoms with van der Waals surface area (Å²) in [5, 5.41) is 0. The summed E-state index contributed by atoms with van der Waals surface area (Å²) in [6, 6.07) is 5.91. The first-order chi connectivity index (χ1) is 9.67. The molecule has 0 aliphatic rings. The summed E-state index contributed by atoms with van der Waals surface area (Å²) >= 11 is 0. The van der Waals surface area contributed by atoms with Crippen molar-refractivity contribution in [1.29, 1.82) is 0 Å². The van der Waals surface area contributed by atoms with Crippen LogP contribution in [0.2, 0.25) is 0 Å². The highest BCUT2D eigenvalue weighted by Crippen LogP contribution is 2.18. The number of nitrogens with one attached hydrogen (secondary N) is 2.